The van der Waals surface area contributed by atoms with Crippen LogP contribution in [0.4, 0.5) is 10.1 Å². The van der Waals surface area contributed by atoms with E-state index in [9.17, 15) is 14.0 Å². The number of hydrogen-bond donors (Lipinski definition) is 1. The van der Waals surface area contributed by atoms with E-state index in [1.54, 1.807) is 43.3 Å². The summed E-state index contributed by atoms with van der Waals surface area (Å²) in [6.45, 7) is 1.20. The lowest BCUT2D eigenvalue weighted by Crippen LogP contribution is -2.21. The molecular formula is C17H15ClFNO3. The monoisotopic (exact) mass is 335 g/mol. The maximum atomic E-state index is 13.4. The number of ether oxygens (including phenoxy) is 1. The molecule has 0 saturated heterocycles. The molecule has 0 aliphatic carbocycles. The SMILES string of the molecule is Cc1ccc(NC(=O)COC(=O)Cc2ccc(Cl)cc2)cc1F. The highest BCUT2D eigenvalue weighted by molar-refractivity contribution is 6.30. The van der Waals surface area contributed by atoms with Crippen molar-refractivity contribution in [1.82, 2.24) is 0 Å². The molecule has 23 heavy (non-hydrogen) atoms. The van der Waals surface area contributed by atoms with Crippen LogP contribution in [0.25, 0.3) is 0 Å². The molecule has 0 fully saturated rings. The number of anilines is 1. The zero-order valence-corrected chi connectivity index (χ0v) is 13.2. The summed E-state index contributed by atoms with van der Waals surface area (Å²) in [5.41, 5.74) is 1.53. The van der Waals surface area contributed by atoms with Crippen molar-refractivity contribution in [1.29, 1.82) is 0 Å². The van der Waals surface area contributed by atoms with Gasteiger partial charge in [0.15, 0.2) is 6.61 Å². The lowest BCUT2D eigenvalue weighted by atomic mass is 10.1. The molecule has 0 saturated carbocycles. The molecule has 0 aliphatic heterocycles. The van der Waals surface area contributed by atoms with Crippen LogP contribution in [-0.4, -0.2) is 18.5 Å². The van der Waals surface area contributed by atoms with Gasteiger partial charge in [-0.2, -0.15) is 0 Å². The summed E-state index contributed by atoms with van der Waals surface area (Å²) in [5, 5.41) is 3.04. The van der Waals surface area contributed by atoms with E-state index in [4.69, 9.17) is 16.3 Å². The van der Waals surface area contributed by atoms with E-state index in [1.807, 2.05) is 0 Å². The summed E-state index contributed by atoms with van der Waals surface area (Å²) in [4.78, 5) is 23.3. The van der Waals surface area contributed by atoms with E-state index in [0.717, 1.165) is 5.56 Å². The molecule has 0 bridgehead atoms. The lowest BCUT2D eigenvalue weighted by Gasteiger charge is -2.07. The highest BCUT2D eigenvalue weighted by Gasteiger charge is 2.09. The predicted molar refractivity (Wildman–Crippen MR) is 85.9 cm³/mol. The van der Waals surface area contributed by atoms with Crippen molar-refractivity contribution >= 4 is 29.2 Å². The summed E-state index contributed by atoms with van der Waals surface area (Å²) in [7, 11) is 0. The number of benzene rings is 2. The van der Waals surface area contributed by atoms with Crippen molar-refractivity contribution in [2.75, 3.05) is 11.9 Å². The van der Waals surface area contributed by atoms with E-state index in [2.05, 4.69) is 5.32 Å². The van der Waals surface area contributed by atoms with E-state index >= 15 is 0 Å². The number of carbonyl (C=O) groups is 2. The van der Waals surface area contributed by atoms with Gasteiger partial charge in [0.2, 0.25) is 0 Å². The van der Waals surface area contributed by atoms with Gasteiger partial charge in [-0.15, -0.1) is 0 Å². The molecule has 1 amide bonds. The second kappa shape index (κ2) is 7.74. The van der Waals surface area contributed by atoms with Crippen LogP contribution in [0.1, 0.15) is 11.1 Å². The van der Waals surface area contributed by atoms with Gasteiger partial charge in [-0.1, -0.05) is 29.8 Å². The normalized spacial score (nSPS) is 10.2. The summed E-state index contributed by atoms with van der Waals surface area (Å²) >= 11 is 5.75. The smallest absolute Gasteiger partial charge is 0.310 e. The van der Waals surface area contributed by atoms with Crippen molar-refractivity contribution in [2.45, 2.75) is 13.3 Å². The molecule has 120 valence electrons. The predicted octanol–water partition coefficient (Wildman–Crippen LogP) is 3.51. The largest absolute Gasteiger partial charge is 0.455 e. The van der Waals surface area contributed by atoms with Gasteiger partial charge in [-0.05, 0) is 42.3 Å². The number of halogens is 2. The molecule has 4 nitrogen and oxygen atoms in total. The Bertz CT molecular complexity index is 716. The van der Waals surface area contributed by atoms with Crippen molar-refractivity contribution in [3.8, 4) is 0 Å². The zero-order valence-electron chi connectivity index (χ0n) is 12.4. The van der Waals surface area contributed by atoms with Gasteiger partial charge >= 0.3 is 5.97 Å². The third-order valence-corrected chi connectivity index (χ3v) is 3.33. The van der Waals surface area contributed by atoms with Gasteiger partial charge < -0.3 is 10.1 Å². The quantitative estimate of drug-likeness (QED) is 0.851. The van der Waals surface area contributed by atoms with Gasteiger partial charge in [0.25, 0.3) is 5.91 Å². The zero-order chi connectivity index (χ0) is 16.8. The first-order valence-corrected chi connectivity index (χ1v) is 7.28. The summed E-state index contributed by atoms with van der Waals surface area (Å²) in [6.07, 6.45) is 0.0452. The van der Waals surface area contributed by atoms with Crippen molar-refractivity contribution in [3.63, 3.8) is 0 Å². The fraction of sp³-hybridized carbons (Fsp3) is 0.176. The topological polar surface area (TPSA) is 55.4 Å². The third-order valence-electron chi connectivity index (χ3n) is 3.08. The van der Waals surface area contributed by atoms with Crippen LogP contribution in [0, 0.1) is 12.7 Å². The van der Waals surface area contributed by atoms with Crippen LogP contribution in [0.3, 0.4) is 0 Å². The molecule has 0 spiro atoms. The second-order valence-electron chi connectivity index (χ2n) is 4.98. The number of hydrogen-bond acceptors (Lipinski definition) is 3. The minimum absolute atomic E-state index is 0.0452. The Hall–Kier alpha value is -2.40. The average Bonchev–Trinajstić information content (AvgIpc) is 2.51. The maximum Gasteiger partial charge on any atom is 0.310 e. The van der Waals surface area contributed by atoms with Crippen LogP contribution in [0.5, 0.6) is 0 Å². The first-order chi connectivity index (χ1) is 10.9. The van der Waals surface area contributed by atoms with Gasteiger partial charge in [0, 0.05) is 10.7 Å². The minimum atomic E-state index is -0.530. The molecular weight excluding hydrogens is 321 g/mol. The Labute approximate surface area is 138 Å². The van der Waals surface area contributed by atoms with Gasteiger partial charge in [-0.25, -0.2) is 4.39 Å². The molecule has 0 unspecified atom stereocenters. The summed E-state index contributed by atoms with van der Waals surface area (Å²) in [6, 6.07) is 11.1. The Balaban J connectivity index is 1.80. The number of amides is 1. The lowest BCUT2D eigenvalue weighted by molar-refractivity contribution is -0.146. The van der Waals surface area contributed by atoms with Gasteiger partial charge in [0.05, 0.1) is 6.42 Å². The third kappa shape index (κ3) is 5.38. The number of esters is 1. The first-order valence-electron chi connectivity index (χ1n) is 6.90. The highest BCUT2D eigenvalue weighted by atomic mass is 35.5. The standard InChI is InChI=1S/C17H15ClFNO3/c1-11-2-7-14(9-15(11)19)20-16(21)10-23-17(22)8-12-3-5-13(18)6-4-12/h2-7,9H,8,10H2,1H3,(H,20,21). The Morgan fingerprint density at radius 3 is 2.52 bits per heavy atom. The van der Waals surface area contributed by atoms with Gasteiger partial charge in [-0.3, -0.25) is 9.59 Å². The molecule has 0 aromatic heterocycles. The van der Waals surface area contributed by atoms with Crippen LogP contribution in [-0.2, 0) is 20.7 Å². The molecule has 6 heteroatoms. The van der Waals surface area contributed by atoms with Crippen molar-refractivity contribution < 1.29 is 18.7 Å². The van der Waals surface area contributed by atoms with E-state index < -0.39 is 24.3 Å². The Morgan fingerprint density at radius 2 is 1.87 bits per heavy atom. The maximum absolute atomic E-state index is 13.4. The van der Waals surface area contributed by atoms with Crippen molar-refractivity contribution in [2.24, 2.45) is 0 Å². The average molecular weight is 336 g/mol. The molecule has 0 heterocycles. The molecule has 2 aromatic rings. The molecule has 0 radical (unpaired) electrons. The van der Waals surface area contributed by atoms with Crippen LogP contribution in [0.15, 0.2) is 42.5 Å². The van der Waals surface area contributed by atoms with E-state index in [-0.39, 0.29) is 6.42 Å². The Kier molecular flexibility index (Phi) is 5.71. The fourth-order valence-electron chi connectivity index (χ4n) is 1.83. The van der Waals surface area contributed by atoms with Crippen LogP contribution in [0.2, 0.25) is 5.02 Å². The van der Waals surface area contributed by atoms with Crippen LogP contribution >= 0.6 is 11.6 Å². The minimum Gasteiger partial charge on any atom is -0.455 e. The number of nitrogens with one attached hydrogen (secondary N) is 1. The molecule has 2 aromatic carbocycles. The summed E-state index contributed by atoms with van der Waals surface area (Å²) in [5.74, 6) is -1.47. The molecule has 2 rings (SSSR count). The number of aryl methyl sites for hydroxylation is 1. The Morgan fingerprint density at radius 1 is 1.17 bits per heavy atom. The van der Waals surface area contributed by atoms with E-state index in [0.29, 0.717) is 16.3 Å². The molecule has 0 aliphatic rings. The molecule has 0 atom stereocenters. The molecule has 1 N–H and O–H groups in total. The van der Waals surface area contributed by atoms with E-state index in [1.165, 1.54) is 6.07 Å². The van der Waals surface area contributed by atoms with Gasteiger partial charge in [0.1, 0.15) is 5.82 Å². The van der Waals surface area contributed by atoms with Crippen molar-refractivity contribution in [3.05, 3.63) is 64.4 Å². The summed E-state index contributed by atoms with van der Waals surface area (Å²) < 4.78 is 18.3. The van der Waals surface area contributed by atoms with Crippen LogP contribution < -0.4 is 5.32 Å². The fourth-order valence-corrected chi connectivity index (χ4v) is 1.96. The number of carbonyl (C=O) groups excluding carboxylic acids is 2. The highest BCUT2D eigenvalue weighted by Crippen LogP contribution is 2.13. The second-order valence-corrected chi connectivity index (χ2v) is 5.41. The first kappa shape index (κ1) is 17.0. The number of rotatable bonds is 5.